The molecular formula is C51H80O10. The van der Waals surface area contributed by atoms with E-state index >= 15 is 0 Å². The number of phenols is 2. The van der Waals surface area contributed by atoms with E-state index in [-0.39, 0.29) is 59.7 Å². The van der Waals surface area contributed by atoms with Crippen LogP contribution in [0.5, 0.6) is 11.5 Å². The Balaban J connectivity index is 1.21. The molecule has 0 amide bonds. The third-order valence-electron chi connectivity index (χ3n) is 12.0. The summed E-state index contributed by atoms with van der Waals surface area (Å²) in [5.41, 5.74) is 3.44. The summed E-state index contributed by atoms with van der Waals surface area (Å²) in [6, 6.07) is 7.97. The predicted molar refractivity (Wildman–Crippen MR) is 240 cm³/mol. The number of hydrogen-bond acceptors (Lipinski definition) is 10. The first kappa shape index (κ1) is 50.5. The van der Waals surface area contributed by atoms with E-state index in [0.717, 1.165) is 46.2 Å². The number of phenolic OH excluding ortho intramolecular Hbond substituents is 2. The van der Waals surface area contributed by atoms with Gasteiger partial charge < -0.3 is 38.6 Å². The lowest BCUT2D eigenvalue weighted by Gasteiger charge is -2.48. The number of rotatable bonds is 16. The Morgan fingerprint density at radius 2 is 0.885 bits per heavy atom. The lowest BCUT2D eigenvalue weighted by molar-refractivity contribution is -0.337. The highest BCUT2D eigenvalue weighted by molar-refractivity contribution is 5.70. The lowest BCUT2D eigenvalue weighted by Crippen LogP contribution is -2.57. The smallest absolute Gasteiger partial charge is 0.306 e. The first-order chi connectivity index (χ1) is 27.8. The fourth-order valence-electron chi connectivity index (χ4n) is 9.44. The van der Waals surface area contributed by atoms with E-state index in [4.69, 9.17) is 28.4 Å². The zero-order chi connectivity index (χ0) is 46.0. The zero-order valence-electron chi connectivity index (χ0n) is 40.6. The van der Waals surface area contributed by atoms with Crippen molar-refractivity contribution in [3.8, 4) is 11.5 Å². The fraction of sp³-hybridized carbons (Fsp3) is 0.725. The zero-order valence-corrected chi connectivity index (χ0v) is 40.6. The Hall–Kier alpha value is -3.18. The van der Waals surface area contributed by atoms with Crippen LogP contribution in [0.15, 0.2) is 24.3 Å². The molecule has 10 nitrogen and oxygen atoms in total. The van der Waals surface area contributed by atoms with Gasteiger partial charge in [-0.1, -0.05) is 121 Å². The Kier molecular flexibility index (Phi) is 15.6. The van der Waals surface area contributed by atoms with E-state index in [1.165, 1.54) is 0 Å². The molecule has 0 atom stereocenters. The number of esters is 2. The maximum atomic E-state index is 13.0. The van der Waals surface area contributed by atoms with Gasteiger partial charge in [0.1, 0.15) is 24.7 Å². The topological polar surface area (TPSA) is 130 Å². The minimum absolute atomic E-state index is 0.0915. The van der Waals surface area contributed by atoms with Crippen molar-refractivity contribution in [3.05, 3.63) is 57.6 Å². The van der Waals surface area contributed by atoms with Crippen molar-refractivity contribution >= 4 is 11.9 Å². The van der Waals surface area contributed by atoms with Crippen molar-refractivity contribution in [1.29, 1.82) is 0 Å². The summed E-state index contributed by atoms with van der Waals surface area (Å²) in [6.07, 6.45) is 2.10. The summed E-state index contributed by atoms with van der Waals surface area (Å²) < 4.78 is 36.5. The number of hydrogen-bond donors (Lipinski definition) is 2. The lowest BCUT2D eigenvalue weighted by atomic mass is 9.71. The third-order valence-corrected chi connectivity index (χ3v) is 12.0. The van der Waals surface area contributed by atoms with E-state index in [1.54, 1.807) is 0 Å². The second-order valence-corrected chi connectivity index (χ2v) is 23.6. The molecule has 2 saturated heterocycles. The highest BCUT2D eigenvalue weighted by Gasteiger charge is 2.48. The van der Waals surface area contributed by atoms with Crippen molar-refractivity contribution < 1.29 is 48.2 Å². The quantitative estimate of drug-likeness (QED) is 0.157. The highest BCUT2D eigenvalue weighted by Crippen LogP contribution is 2.44. The first-order valence-electron chi connectivity index (χ1n) is 22.3. The molecular weight excluding hydrogens is 773 g/mol. The van der Waals surface area contributed by atoms with E-state index in [1.807, 2.05) is 65.8 Å². The van der Waals surface area contributed by atoms with Crippen LogP contribution in [0.25, 0.3) is 0 Å². The van der Waals surface area contributed by atoms with Crippen LogP contribution in [0.3, 0.4) is 0 Å². The molecule has 0 unspecified atom stereocenters. The Labute approximate surface area is 367 Å². The summed E-state index contributed by atoms with van der Waals surface area (Å²) in [6.45, 7) is 35.2. The number of aryl methyl sites for hydroxylation is 4. The largest absolute Gasteiger partial charge is 0.507 e. The summed E-state index contributed by atoms with van der Waals surface area (Å²) in [5, 5.41) is 21.9. The maximum Gasteiger partial charge on any atom is 0.306 e. The van der Waals surface area contributed by atoms with Crippen LogP contribution in [-0.4, -0.2) is 74.4 Å². The summed E-state index contributed by atoms with van der Waals surface area (Å²) >= 11 is 0. The average Bonchev–Trinajstić information content (AvgIpc) is 3.12. The van der Waals surface area contributed by atoms with Gasteiger partial charge >= 0.3 is 11.9 Å². The van der Waals surface area contributed by atoms with Crippen molar-refractivity contribution in [2.75, 3.05) is 39.6 Å². The molecule has 61 heavy (non-hydrogen) atoms. The molecule has 0 aromatic heterocycles. The molecule has 2 aliphatic heterocycles. The van der Waals surface area contributed by atoms with Gasteiger partial charge in [-0.25, -0.2) is 0 Å². The van der Waals surface area contributed by atoms with E-state index in [2.05, 4.69) is 69.2 Å². The average molecular weight is 853 g/mol. The first-order valence-corrected chi connectivity index (χ1v) is 22.3. The molecule has 2 aromatic carbocycles. The Bertz CT molecular complexity index is 1690. The SMILES string of the molecule is Cc1cc(CCC(=O)OCC(C)(C)C2OCC3(CO2)COC(C(C)(C)COC(=O)CCc2cc(C)c(O)c(C(C)(C)CC(C)(C)C)c2)OC3)cc(C(C)(C)CC(C)(C)C)c1O. The van der Waals surface area contributed by atoms with Gasteiger partial charge in [0.05, 0.1) is 31.8 Å². The predicted octanol–water partition coefficient (Wildman–Crippen LogP) is 10.6. The molecule has 1 spiro atoms. The van der Waals surface area contributed by atoms with Crippen LogP contribution in [0.4, 0.5) is 0 Å². The van der Waals surface area contributed by atoms with Gasteiger partial charge in [-0.05, 0) is 83.4 Å². The number of benzene rings is 2. The van der Waals surface area contributed by atoms with Gasteiger partial charge in [-0.2, -0.15) is 0 Å². The van der Waals surface area contributed by atoms with Gasteiger partial charge in [-0.3, -0.25) is 9.59 Å². The molecule has 2 N–H and O–H groups in total. The monoisotopic (exact) mass is 853 g/mol. The van der Waals surface area contributed by atoms with Crippen molar-refractivity contribution in [1.82, 2.24) is 0 Å². The molecule has 2 fully saturated rings. The van der Waals surface area contributed by atoms with Gasteiger partial charge in [-0.15, -0.1) is 0 Å². The van der Waals surface area contributed by atoms with Gasteiger partial charge in [0, 0.05) is 34.8 Å². The highest BCUT2D eigenvalue weighted by atomic mass is 16.7. The Morgan fingerprint density at radius 3 is 1.18 bits per heavy atom. The molecule has 2 aromatic rings. The number of ether oxygens (including phenoxy) is 6. The van der Waals surface area contributed by atoms with Crippen LogP contribution in [0.2, 0.25) is 0 Å². The van der Waals surface area contributed by atoms with Gasteiger partial charge in [0.2, 0.25) is 0 Å². The standard InChI is InChI=1S/C51H80O10/c1-33-21-35(23-37(41(33)54)47(9,10)25-45(3,4)5)17-19-39(52)56-27-49(13,14)43-58-29-51(30-59-43)31-60-44(61-32-51)50(15,16)28-57-40(53)20-18-36-22-34(2)42(55)38(24-36)48(11,12)26-46(6,7)8/h21-24,43-44,54-55H,17-20,25-32H2,1-16H3. The van der Waals surface area contributed by atoms with Crippen LogP contribution in [0, 0.1) is 40.9 Å². The molecule has 10 heteroatoms. The summed E-state index contributed by atoms with van der Waals surface area (Å²) in [4.78, 5) is 25.9. The molecule has 2 aliphatic rings. The van der Waals surface area contributed by atoms with Crippen molar-refractivity contribution in [2.45, 2.75) is 173 Å². The normalized spacial score (nSPS) is 20.8. The number of aromatic hydroxyl groups is 2. The second kappa shape index (κ2) is 18.9. The number of carbonyl (C=O) groups excluding carboxylic acids is 2. The van der Waals surface area contributed by atoms with Crippen LogP contribution in [0.1, 0.15) is 156 Å². The summed E-state index contributed by atoms with van der Waals surface area (Å²) in [5.74, 6) is 0.0485. The van der Waals surface area contributed by atoms with Crippen molar-refractivity contribution in [3.63, 3.8) is 0 Å². The molecule has 4 rings (SSSR count). The molecule has 344 valence electrons. The fourth-order valence-corrected chi connectivity index (χ4v) is 9.44. The summed E-state index contributed by atoms with van der Waals surface area (Å²) in [7, 11) is 0. The van der Waals surface area contributed by atoms with Crippen LogP contribution < -0.4 is 0 Å². The van der Waals surface area contributed by atoms with E-state index in [0.29, 0.717) is 50.8 Å². The minimum Gasteiger partial charge on any atom is -0.507 e. The van der Waals surface area contributed by atoms with Gasteiger partial charge in [0.15, 0.2) is 12.6 Å². The second-order valence-electron chi connectivity index (χ2n) is 23.6. The molecule has 0 bridgehead atoms. The third kappa shape index (κ3) is 13.9. The number of carbonyl (C=O) groups is 2. The van der Waals surface area contributed by atoms with Crippen LogP contribution in [-0.2, 0) is 61.7 Å². The van der Waals surface area contributed by atoms with Gasteiger partial charge in [0.25, 0.3) is 0 Å². The molecule has 0 saturated carbocycles. The molecule has 0 aliphatic carbocycles. The minimum atomic E-state index is -0.604. The van der Waals surface area contributed by atoms with E-state index in [9.17, 15) is 19.8 Å². The van der Waals surface area contributed by atoms with Crippen molar-refractivity contribution in [2.24, 2.45) is 27.1 Å². The Morgan fingerprint density at radius 1 is 0.574 bits per heavy atom. The molecule has 2 heterocycles. The van der Waals surface area contributed by atoms with Crippen LogP contribution >= 0.6 is 0 Å². The molecule has 0 radical (unpaired) electrons. The van der Waals surface area contributed by atoms with E-state index < -0.39 is 28.8 Å². The maximum absolute atomic E-state index is 13.0.